The number of hydrogen-bond donors (Lipinski definition) is 0. The first-order valence-electron chi connectivity index (χ1n) is 13.3. The molecule has 3 nitrogen and oxygen atoms in total. The Balaban J connectivity index is 1.17. The second-order valence-electron chi connectivity index (χ2n) is 13.4. The monoisotopic (exact) mass is 414 g/mol. The van der Waals surface area contributed by atoms with Crippen LogP contribution in [0.15, 0.2) is 0 Å². The van der Waals surface area contributed by atoms with Gasteiger partial charge in [0.15, 0.2) is 5.79 Å². The summed E-state index contributed by atoms with van der Waals surface area (Å²) in [5.74, 6) is 4.60. The van der Waals surface area contributed by atoms with Crippen LogP contribution < -0.4 is 0 Å². The molecule has 2 unspecified atom stereocenters. The molecule has 0 aromatic rings. The van der Waals surface area contributed by atoms with E-state index in [0.29, 0.717) is 41.5 Å². The fraction of sp³-hybridized carbons (Fsp3) is 1.00. The number of hydrogen-bond acceptors (Lipinski definition) is 3. The van der Waals surface area contributed by atoms with E-state index in [4.69, 9.17) is 14.2 Å². The number of fused-ring (bicyclic) bond motifs is 8. The lowest BCUT2D eigenvalue weighted by molar-refractivity contribution is -0.264. The molecule has 7 fully saturated rings. The summed E-state index contributed by atoms with van der Waals surface area (Å²) < 4.78 is 19.4. The summed E-state index contributed by atoms with van der Waals surface area (Å²) in [6.45, 7) is 10.7. The molecule has 0 aromatic heterocycles. The summed E-state index contributed by atoms with van der Waals surface area (Å²) >= 11 is 0. The first kappa shape index (κ1) is 19.4. The average Bonchev–Trinajstić information content (AvgIpc) is 3.18. The molecule has 0 amide bonds. The number of rotatable bonds is 0. The van der Waals surface area contributed by atoms with Crippen molar-refractivity contribution in [2.24, 2.45) is 46.3 Å². The maximum Gasteiger partial charge on any atom is 0.174 e. The van der Waals surface area contributed by atoms with E-state index in [1.807, 2.05) is 0 Å². The number of ether oxygens (including phenoxy) is 3. The van der Waals surface area contributed by atoms with Gasteiger partial charge in [0.1, 0.15) is 5.60 Å². The second-order valence-corrected chi connectivity index (χ2v) is 13.4. The van der Waals surface area contributed by atoms with Crippen molar-refractivity contribution in [1.29, 1.82) is 0 Å². The molecule has 3 saturated heterocycles. The van der Waals surface area contributed by atoms with Crippen molar-refractivity contribution in [3.63, 3.8) is 0 Å². The SMILES string of the molecule is C[C@H]1[C@H]2[C@H](C[C@H]3[C@@H]4CC[C@H]5CCCC[C@]5(C)[C@H]4CC[C@]23C)O[C@]12CC1OC1(C)CO2. The predicted molar refractivity (Wildman–Crippen MR) is 116 cm³/mol. The quantitative estimate of drug-likeness (QED) is 0.459. The summed E-state index contributed by atoms with van der Waals surface area (Å²) in [4.78, 5) is 0. The van der Waals surface area contributed by atoms with E-state index in [0.717, 1.165) is 30.1 Å². The minimum atomic E-state index is -0.367. The Morgan fingerprint density at radius 1 is 0.833 bits per heavy atom. The highest BCUT2D eigenvalue weighted by Gasteiger charge is 2.72. The van der Waals surface area contributed by atoms with E-state index in [1.165, 1.54) is 57.8 Å². The van der Waals surface area contributed by atoms with Crippen LogP contribution in [-0.4, -0.2) is 30.2 Å². The molecule has 4 saturated carbocycles. The second kappa shape index (κ2) is 5.86. The van der Waals surface area contributed by atoms with Gasteiger partial charge in [-0.1, -0.05) is 33.6 Å². The lowest BCUT2D eigenvalue weighted by atomic mass is 9.44. The average molecular weight is 415 g/mol. The van der Waals surface area contributed by atoms with Crippen LogP contribution in [0.1, 0.15) is 91.9 Å². The topological polar surface area (TPSA) is 31.0 Å². The van der Waals surface area contributed by atoms with Gasteiger partial charge in [0.2, 0.25) is 0 Å². The van der Waals surface area contributed by atoms with E-state index >= 15 is 0 Å². The zero-order chi connectivity index (χ0) is 20.5. The van der Waals surface area contributed by atoms with Crippen LogP contribution in [-0.2, 0) is 14.2 Å². The molecule has 0 aromatic carbocycles. The van der Waals surface area contributed by atoms with Crippen LogP contribution in [0, 0.1) is 46.3 Å². The van der Waals surface area contributed by atoms with E-state index in [9.17, 15) is 0 Å². The molecule has 30 heavy (non-hydrogen) atoms. The molecular formula is C27H42O3. The molecular weight excluding hydrogens is 372 g/mol. The van der Waals surface area contributed by atoms with E-state index in [1.54, 1.807) is 0 Å². The summed E-state index contributed by atoms with van der Waals surface area (Å²) in [6, 6.07) is 0. The lowest BCUT2D eigenvalue weighted by Gasteiger charge is -2.61. The van der Waals surface area contributed by atoms with Crippen molar-refractivity contribution in [3.05, 3.63) is 0 Å². The largest absolute Gasteiger partial charge is 0.364 e. The van der Waals surface area contributed by atoms with Gasteiger partial charge in [-0.05, 0) is 92.3 Å². The van der Waals surface area contributed by atoms with E-state index in [-0.39, 0.29) is 11.4 Å². The van der Waals surface area contributed by atoms with Crippen LogP contribution in [0.2, 0.25) is 0 Å². The lowest BCUT2D eigenvalue weighted by Crippen LogP contribution is -2.54. The van der Waals surface area contributed by atoms with Crippen molar-refractivity contribution < 1.29 is 14.2 Å². The van der Waals surface area contributed by atoms with Gasteiger partial charge in [-0.2, -0.15) is 0 Å². The van der Waals surface area contributed by atoms with Crippen LogP contribution in [0.3, 0.4) is 0 Å². The normalized spacial score (nSPS) is 66.0. The van der Waals surface area contributed by atoms with Crippen molar-refractivity contribution in [2.45, 2.75) is 115 Å². The smallest absolute Gasteiger partial charge is 0.174 e. The Morgan fingerprint density at radius 2 is 1.70 bits per heavy atom. The van der Waals surface area contributed by atoms with Gasteiger partial charge >= 0.3 is 0 Å². The van der Waals surface area contributed by atoms with Crippen molar-refractivity contribution >= 4 is 0 Å². The molecule has 3 heterocycles. The third kappa shape index (κ3) is 2.24. The van der Waals surface area contributed by atoms with Gasteiger partial charge in [-0.25, -0.2) is 0 Å². The molecule has 7 aliphatic rings. The Hall–Kier alpha value is -0.120. The number of epoxide rings is 1. The van der Waals surface area contributed by atoms with Gasteiger partial charge < -0.3 is 14.2 Å². The van der Waals surface area contributed by atoms with Crippen LogP contribution in [0.25, 0.3) is 0 Å². The fourth-order valence-electron chi connectivity index (χ4n) is 10.6. The van der Waals surface area contributed by atoms with E-state index < -0.39 is 0 Å². The first-order valence-corrected chi connectivity index (χ1v) is 13.3. The highest BCUT2D eigenvalue weighted by Crippen LogP contribution is 2.71. The molecule has 12 atom stereocenters. The highest BCUT2D eigenvalue weighted by atomic mass is 16.7. The summed E-state index contributed by atoms with van der Waals surface area (Å²) in [5.41, 5.74) is 1.06. The zero-order valence-corrected chi connectivity index (χ0v) is 19.6. The van der Waals surface area contributed by atoms with Crippen LogP contribution in [0.4, 0.5) is 0 Å². The van der Waals surface area contributed by atoms with Crippen molar-refractivity contribution in [2.75, 3.05) is 6.61 Å². The van der Waals surface area contributed by atoms with Crippen molar-refractivity contribution in [3.8, 4) is 0 Å². The van der Waals surface area contributed by atoms with E-state index in [2.05, 4.69) is 27.7 Å². The molecule has 4 aliphatic carbocycles. The maximum absolute atomic E-state index is 6.93. The predicted octanol–water partition coefficient (Wildman–Crippen LogP) is 5.95. The van der Waals surface area contributed by atoms with Crippen molar-refractivity contribution in [1.82, 2.24) is 0 Å². The minimum Gasteiger partial charge on any atom is -0.364 e. The maximum atomic E-state index is 6.93. The highest BCUT2D eigenvalue weighted by molar-refractivity contribution is 5.17. The van der Waals surface area contributed by atoms with Crippen LogP contribution >= 0.6 is 0 Å². The summed E-state index contributed by atoms with van der Waals surface area (Å²) in [6.07, 6.45) is 14.9. The van der Waals surface area contributed by atoms with Crippen LogP contribution in [0.5, 0.6) is 0 Å². The standard InChI is InChI=1S/C27H42O3/c1-16-23-21(29-27(16)14-22-26(4,30-22)15-28-27)13-20-18-9-8-17-7-5-6-11-24(17,2)19(18)10-12-25(20,23)3/h16-23H,5-15H2,1-4H3/t16-,17+,18+,19-,20-,21-,22?,23-,24-,25-,26?,27+/m0/s1. The Bertz CT molecular complexity index is 752. The van der Waals surface area contributed by atoms with Gasteiger partial charge in [0, 0.05) is 12.3 Å². The van der Waals surface area contributed by atoms with Gasteiger partial charge in [0.25, 0.3) is 0 Å². The Labute approximate surface area is 183 Å². The minimum absolute atomic E-state index is 0.0232. The fourth-order valence-corrected chi connectivity index (χ4v) is 10.6. The zero-order valence-electron chi connectivity index (χ0n) is 19.6. The third-order valence-corrected chi connectivity index (χ3v) is 12.4. The van der Waals surface area contributed by atoms with Gasteiger partial charge in [-0.15, -0.1) is 0 Å². The molecule has 0 N–H and O–H groups in total. The molecule has 168 valence electrons. The Morgan fingerprint density at radius 3 is 2.53 bits per heavy atom. The molecule has 1 spiro atoms. The Kier molecular flexibility index (Phi) is 3.78. The van der Waals surface area contributed by atoms with Gasteiger partial charge in [0.05, 0.1) is 18.8 Å². The molecule has 3 aliphatic heterocycles. The van der Waals surface area contributed by atoms with Gasteiger partial charge in [-0.3, -0.25) is 0 Å². The third-order valence-electron chi connectivity index (χ3n) is 12.4. The first-order chi connectivity index (χ1) is 14.3. The molecule has 7 rings (SSSR count). The summed E-state index contributed by atoms with van der Waals surface area (Å²) in [7, 11) is 0. The molecule has 0 radical (unpaired) electrons. The summed E-state index contributed by atoms with van der Waals surface area (Å²) in [5, 5.41) is 0. The molecule has 0 bridgehead atoms. The molecule has 3 heteroatoms.